The Labute approximate surface area is 246 Å². The van der Waals surface area contributed by atoms with E-state index >= 15 is 0 Å². The minimum atomic E-state index is -3.19. The van der Waals surface area contributed by atoms with Gasteiger partial charge in [0.1, 0.15) is 0 Å². The monoisotopic (exact) mass is 597 g/mol. The summed E-state index contributed by atoms with van der Waals surface area (Å²) in [6.07, 6.45) is 1.04. The van der Waals surface area contributed by atoms with Crippen LogP contribution in [0.2, 0.25) is 3.72 Å². The molecule has 1 N–H and O–H groups in total. The molecule has 4 aromatic carbocycles. The van der Waals surface area contributed by atoms with Crippen LogP contribution in [0.4, 0.5) is 0 Å². The second kappa shape index (κ2) is 11.8. The smallest absolute Gasteiger partial charge is 0.147 e. The average Bonchev–Trinajstić information content (AvgIpc) is 3.22. The number of hydrogen-bond donors (Lipinski definition) is 1. The third-order valence-corrected chi connectivity index (χ3v) is 30.9. The van der Waals surface area contributed by atoms with Gasteiger partial charge in [0.25, 0.3) is 0 Å². The fourth-order valence-electron chi connectivity index (χ4n) is 6.42. The molecule has 0 bridgehead atoms. The normalized spacial score (nSPS) is 14.1. The van der Waals surface area contributed by atoms with E-state index in [2.05, 4.69) is 148 Å². The molecular weight excluding hydrogens is 557 g/mol. The fraction of sp³-hybridized carbons (Fsp3) is 0.273. The molecule has 0 heterocycles. The first-order valence-corrected chi connectivity index (χ1v) is 20.0. The summed E-state index contributed by atoms with van der Waals surface area (Å²) >= 11 is -3.19. The zero-order valence-electron chi connectivity index (χ0n) is 23.4. The summed E-state index contributed by atoms with van der Waals surface area (Å²) in [5, 5.41) is 3.12. The van der Waals surface area contributed by atoms with Crippen molar-refractivity contribution in [2.24, 2.45) is 0 Å². The van der Waals surface area contributed by atoms with E-state index in [-0.39, 0.29) is 34.1 Å². The van der Waals surface area contributed by atoms with Crippen molar-refractivity contribution in [3.63, 3.8) is 0 Å². The number of benzene rings is 4. The molecule has 1 aliphatic rings. The SMILES string of the molecule is CC(C)(C)[NH][Ti]([c]1cccc2c1Cc1ccccc1-2)([SiH](c1ccccc1)c1ccccc1)[C](C)(C)C.Cl.Cl. The molecule has 0 spiro atoms. The van der Waals surface area contributed by atoms with E-state index in [0.717, 1.165) is 6.42 Å². The van der Waals surface area contributed by atoms with Crippen molar-refractivity contribution in [1.29, 1.82) is 0 Å². The fourth-order valence-corrected chi connectivity index (χ4v) is 31.5. The summed E-state index contributed by atoms with van der Waals surface area (Å²) < 4.78 is 6.33. The third-order valence-electron chi connectivity index (χ3n) is 7.73. The van der Waals surface area contributed by atoms with Gasteiger partial charge in [-0.2, -0.15) is 0 Å². The Balaban J connectivity index is 0.00000200. The third kappa shape index (κ3) is 5.63. The maximum Gasteiger partial charge on any atom is -0.147 e. The van der Waals surface area contributed by atoms with Crippen LogP contribution in [-0.2, 0) is 22.5 Å². The average molecular weight is 599 g/mol. The molecule has 38 heavy (non-hydrogen) atoms. The topological polar surface area (TPSA) is 12.0 Å². The number of halogens is 2. The maximum absolute atomic E-state index is 4.53. The van der Waals surface area contributed by atoms with Crippen LogP contribution in [-0.4, -0.2) is 12.2 Å². The van der Waals surface area contributed by atoms with Crippen molar-refractivity contribution in [3.05, 3.63) is 114 Å². The molecule has 0 saturated heterocycles. The molecule has 5 rings (SSSR count). The minimum absolute atomic E-state index is 0. The first-order valence-electron chi connectivity index (χ1n) is 13.2. The molecule has 0 fully saturated rings. The van der Waals surface area contributed by atoms with Crippen LogP contribution in [0.25, 0.3) is 11.1 Å². The first-order chi connectivity index (χ1) is 17.1. The predicted octanol–water partition coefficient (Wildman–Crippen LogP) is 6.94. The van der Waals surface area contributed by atoms with Gasteiger partial charge in [-0.3, -0.25) is 0 Å². The Morgan fingerprint density at radius 1 is 0.605 bits per heavy atom. The van der Waals surface area contributed by atoms with Crippen LogP contribution in [0.1, 0.15) is 52.7 Å². The van der Waals surface area contributed by atoms with Gasteiger partial charge in [-0.1, -0.05) is 0 Å². The summed E-state index contributed by atoms with van der Waals surface area (Å²) in [7, 11) is 0. The Morgan fingerprint density at radius 3 is 1.63 bits per heavy atom. The molecule has 1 unspecified atom stereocenters. The van der Waals surface area contributed by atoms with Gasteiger partial charge in [-0.25, -0.2) is 0 Å². The quantitative estimate of drug-likeness (QED) is 0.216. The summed E-state index contributed by atoms with van der Waals surface area (Å²) in [5.41, 5.74) is 5.93. The van der Waals surface area contributed by atoms with Gasteiger partial charge in [0.2, 0.25) is 0 Å². The van der Waals surface area contributed by atoms with Crippen molar-refractivity contribution in [2.45, 2.75) is 57.2 Å². The van der Waals surface area contributed by atoms with E-state index in [1.54, 1.807) is 19.8 Å². The van der Waals surface area contributed by atoms with Crippen LogP contribution in [0.3, 0.4) is 0 Å². The van der Waals surface area contributed by atoms with E-state index in [1.807, 2.05) is 0 Å². The van der Waals surface area contributed by atoms with Crippen molar-refractivity contribution in [2.75, 3.05) is 0 Å². The molecule has 0 radical (unpaired) electrons. The second-order valence-electron chi connectivity index (χ2n) is 12.4. The molecule has 0 aromatic heterocycles. The molecule has 0 saturated carbocycles. The number of nitrogens with one attached hydrogen (secondary N) is 1. The Hall–Kier alpha value is -1.65. The van der Waals surface area contributed by atoms with Crippen LogP contribution in [0.5, 0.6) is 0 Å². The standard InChI is InChI=1S/C13H9.C12H11Si.C4H10N.C4H9.2ClH.Ti/c1-3-7-12-10(5-1)9-11-6-2-4-8-13(11)12;1-3-7-11(8-4-1)13-12-9-5-2-6-10-12;1-4(2,3)5;1-4(2)3;;;/h1-5,7-8H,9H2;1-10,13H;5H,1-3H3;1-3H3;2*1H;/q;;-1;;;;+1. The zero-order chi connectivity index (χ0) is 25.6. The second-order valence-corrected chi connectivity index (χ2v) is 26.9. The number of rotatable bonds is 5. The number of hydrogen-bond acceptors (Lipinski definition) is 1. The van der Waals surface area contributed by atoms with Crippen molar-refractivity contribution >= 4 is 45.7 Å². The van der Waals surface area contributed by atoms with Crippen LogP contribution < -0.4 is 18.0 Å². The summed E-state index contributed by atoms with van der Waals surface area (Å²) in [6, 6.07) is 39.2. The largest absolute Gasteiger partial charge is 0.147 e. The molecule has 4 aromatic rings. The summed E-state index contributed by atoms with van der Waals surface area (Å²) in [4.78, 5) is 0. The molecule has 0 amide bonds. The van der Waals surface area contributed by atoms with Gasteiger partial charge in [0, 0.05) is 0 Å². The van der Waals surface area contributed by atoms with Gasteiger partial charge in [-0.05, 0) is 0 Å². The van der Waals surface area contributed by atoms with Gasteiger partial charge < -0.3 is 0 Å². The van der Waals surface area contributed by atoms with Gasteiger partial charge in [0.15, 0.2) is 0 Å². The Bertz CT molecular complexity index is 1320. The molecular formula is C33H41Cl2NSiTi. The van der Waals surface area contributed by atoms with E-state index in [9.17, 15) is 0 Å². The minimum Gasteiger partial charge on any atom is -0.147 e. The molecule has 1 aliphatic carbocycles. The maximum atomic E-state index is 4.53. The van der Waals surface area contributed by atoms with Crippen molar-refractivity contribution in [3.8, 4) is 11.1 Å². The van der Waals surface area contributed by atoms with Crippen LogP contribution in [0.15, 0.2) is 103 Å². The molecule has 200 valence electrons. The molecule has 5 heteroatoms. The zero-order valence-corrected chi connectivity index (χ0v) is 27.8. The Morgan fingerprint density at radius 2 is 1.11 bits per heavy atom. The van der Waals surface area contributed by atoms with Gasteiger partial charge >= 0.3 is 223 Å². The van der Waals surface area contributed by atoms with Gasteiger partial charge in [-0.15, -0.1) is 24.8 Å². The van der Waals surface area contributed by atoms with Crippen molar-refractivity contribution < 1.29 is 16.1 Å². The van der Waals surface area contributed by atoms with Crippen molar-refractivity contribution in [1.82, 2.24) is 3.80 Å². The van der Waals surface area contributed by atoms with Crippen LogP contribution >= 0.6 is 24.8 Å². The summed E-state index contributed by atoms with van der Waals surface area (Å²) in [5.74, 6) is 0. The predicted molar refractivity (Wildman–Crippen MR) is 171 cm³/mol. The Kier molecular flexibility index (Phi) is 9.63. The molecule has 1 atom stereocenters. The van der Waals surface area contributed by atoms with E-state index in [1.165, 1.54) is 16.7 Å². The first kappa shape index (κ1) is 30.9. The van der Waals surface area contributed by atoms with E-state index < -0.39 is 22.8 Å². The van der Waals surface area contributed by atoms with E-state index in [0.29, 0.717) is 0 Å². The summed E-state index contributed by atoms with van der Waals surface area (Å²) in [6.45, 7) is 13.0. The van der Waals surface area contributed by atoms with E-state index in [4.69, 9.17) is 0 Å². The number of fused-ring (bicyclic) bond motifs is 3. The molecule has 0 aliphatic heterocycles. The van der Waals surface area contributed by atoms with Crippen LogP contribution in [0, 0.1) is 0 Å². The molecule has 1 nitrogen and oxygen atoms in total. The van der Waals surface area contributed by atoms with Gasteiger partial charge in [0.05, 0.1) is 0 Å².